The maximum atomic E-state index is 14.2. The van der Waals surface area contributed by atoms with Crippen LogP contribution in [0.25, 0.3) is 5.76 Å². The van der Waals surface area contributed by atoms with Gasteiger partial charge >= 0.3 is 5.91 Å². The number of unbranched alkanes of at least 4 members (excludes halogenated alkanes) is 1. The molecule has 2 heterocycles. The Morgan fingerprint density at radius 3 is 2.48 bits per heavy atom. The molecule has 0 bridgehead atoms. The second-order valence-corrected chi connectivity index (χ2v) is 11.9. The van der Waals surface area contributed by atoms with Crippen LogP contribution in [-0.4, -0.2) is 47.8 Å². The van der Waals surface area contributed by atoms with Gasteiger partial charge in [0.05, 0.1) is 32.4 Å². The fourth-order valence-corrected chi connectivity index (χ4v) is 6.53. The van der Waals surface area contributed by atoms with E-state index in [1.807, 2.05) is 0 Å². The molecule has 228 valence electrons. The lowest BCUT2D eigenvalue weighted by atomic mass is 9.95. The summed E-state index contributed by atoms with van der Waals surface area (Å²) in [5.41, 5.74) is 1.22. The van der Waals surface area contributed by atoms with Crippen molar-refractivity contribution in [1.82, 2.24) is 10.2 Å². The van der Waals surface area contributed by atoms with Gasteiger partial charge in [0.25, 0.3) is 5.78 Å². The molecule has 0 aliphatic carbocycles. The number of rotatable bonds is 12. The minimum atomic E-state index is -1.05. The Labute approximate surface area is 262 Å². The van der Waals surface area contributed by atoms with E-state index in [1.165, 1.54) is 36.9 Å². The number of aliphatic hydroxyl groups excluding tert-OH is 1. The summed E-state index contributed by atoms with van der Waals surface area (Å²) >= 11 is 2.35. The third-order valence-electron chi connectivity index (χ3n) is 6.97. The Morgan fingerprint density at radius 2 is 1.77 bits per heavy atom. The summed E-state index contributed by atoms with van der Waals surface area (Å²) in [5.74, 6) is -0.654. The van der Waals surface area contributed by atoms with E-state index in [1.54, 1.807) is 60.7 Å². The van der Waals surface area contributed by atoms with E-state index in [-0.39, 0.29) is 22.3 Å². The Morgan fingerprint density at radius 1 is 1.02 bits per heavy atom. The monoisotopic (exact) mass is 635 g/mol. The summed E-state index contributed by atoms with van der Waals surface area (Å²) in [6, 6.07) is 17.1. The molecule has 1 atom stereocenters. The van der Waals surface area contributed by atoms with Crippen molar-refractivity contribution in [2.45, 2.75) is 35.9 Å². The van der Waals surface area contributed by atoms with Gasteiger partial charge in [-0.05, 0) is 60.0 Å². The van der Waals surface area contributed by atoms with Gasteiger partial charge in [0, 0.05) is 11.3 Å². The highest BCUT2D eigenvalue weighted by atomic mass is 32.2. The molecule has 5 rings (SSSR count). The van der Waals surface area contributed by atoms with Crippen molar-refractivity contribution in [1.29, 1.82) is 0 Å². The van der Waals surface area contributed by atoms with E-state index in [0.717, 1.165) is 24.2 Å². The number of hydrogen-bond donors (Lipinski definition) is 1. The first-order chi connectivity index (χ1) is 21.4. The summed E-state index contributed by atoms with van der Waals surface area (Å²) in [6.45, 7) is 2.64. The van der Waals surface area contributed by atoms with Crippen LogP contribution in [0.4, 0.5) is 9.52 Å². The van der Waals surface area contributed by atoms with Gasteiger partial charge in [-0.1, -0.05) is 60.7 Å². The molecule has 1 aliphatic heterocycles. The summed E-state index contributed by atoms with van der Waals surface area (Å²) in [4.78, 5) is 28.4. The number of carbonyl (C=O) groups is 2. The van der Waals surface area contributed by atoms with Gasteiger partial charge in [-0.2, -0.15) is 0 Å². The van der Waals surface area contributed by atoms with Crippen molar-refractivity contribution >= 4 is 45.7 Å². The molecule has 0 spiro atoms. The Bertz CT molecular complexity index is 1690. The lowest BCUT2D eigenvalue weighted by Crippen LogP contribution is -2.29. The molecular formula is C32H30FN3O6S2. The number of anilines is 1. The predicted molar refractivity (Wildman–Crippen MR) is 167 cm³/mol. The molecule has 12 heteroatoms. The fourth-order valence-electron chi connectivity index (χ4n) is 4.68. The molecule has 1 unspecified atom stereocenters. The van der Waals surface area contributed by atoms with Crippen molar-refractivity contribution in [3.63, 3.8) is 0 Å². The Kier molecular flexibility index (Phi) is 9.81. The number of nitrogens with zero attached hydrogens (tertiary/aromatic N) is 3. The number of Topliss-reactive ketones (excluding diaryl/α,β-unsaturated/α-hetero) is 1. The average molecular weight is 636 g/mol. The van der Waals surface area contributed by atoms with Gasteiger partial charge in [-0.15, -0.1) is 10.2 Å². The minimum Gasteiger partial charge on any atom is -0.507 e. The first-order valence-electron chi connectivity index (χ1n) is 13.8. The van der Waals surface area contributed by atoms with Gasteiger partial charge < -0.3 is 19.3 Å². The SMILES string of the molecule is CCCCOc1ccc(/C(O)=C2/C(=O)C(=O)N(c3nnc(SCc4ccccc4F)s3)C2c2ccc(OC)c(OC)c2)cc1. The molecule has 1 aliphatic rings. The predicted octanol–water partition coefficient (Wildman–Crippen LogP) is 6.79. The third-order valence-corrected chi connectivity index (χ3v) is 9.08. The maximum Gasteiger partial charge on any atom is 0.301 e. The minimum absolute atomic E-state index is 0.113. The number of benzene rings is 3. The van der Waals surface area contributed by atoms with Crippen LogP contribution in [0.5, 0.6) is 17.2 Å². The van der Waals surface area contributed by atoms with Crippen molar-refractivity contribution in [3.05, 3.63) is 94.8 Å². The molecule has 4 aromatic rings. The maximum absolute atomic E-state index is 14.2. The quantitative estimate of drug-likeness (QED) is 0.0449. The lowest BCUT2D eigenvalue weighted by Gasteiger charge is -2.23. The van der Waals surface area contributed by atoms with Gasteiger partial charge in [-0.3, -0.25) is 14.5 Å². The van der Waals surface area contributed by atoms with Crippen molar-refractivity contribution in [3.8, 4) is 17.2 Å². The second-order valence-electron chi connectivity index (χ2n) is 9.74. The number of hydrogen-bond acceptors (Lipinski definition) is 10. The number of carbonyl (C=O) groups excluding carboxylic acids is 2. The number of aliphatic hydroxyl groups is 1. The molecule has 9 nitrogen and oxygen atoms in total. The van der Waals surface area contributed by atoms with Crippen LogP contribution in [0.15, 0.2) is 76.6 Å². The molecule has 0 radical (unpaired) electrons. The van der Waals surface area contributed by atoms with E-state index < -0.39 is 17.7 Å². The zero-order chi connectivity index (χ0) is 31.2. The molecule has 0 saturated carbocycles. The van der Waals surface area contributed by atoms with E-state index in [4.69, 9.17) is 14.2 Å². The first kappa shape index (κ1) is 31.0. The molecule has 1 fully saturated rings. The second kappa shape index (κ2) is 13.9. The first-order valence-corrected chi connectivity index (χ1v) is 15.6. The van der Waals surface area contributed by atoms with E-state index in [0.29, 0.717) is 50.6 Å². The topological polar surface area (TPSA) is 111 Å². The van der Waals surface area contributed by atoms with Crippen LogP contribution in [0, 0.1) is 5.82 Å². The van der Waals surface area contributed by atoms with Crippen LogP contribution in [-0.2, 0) is 15.3 Å². The van der Waals surface area contributed by atoms with Crippen LogP contribution < -0.4 is 19.1 Å². The number of ketones is 1. The standard InChI is InChI=1S/C32H30FN3O6S2/c1-4-5-16-42-22-13-10-19(11-14-22)28(37)26-27(20-12-15-24(40-2)25(17-20)41-3)36(30(39)29(26)38)31-34-35-32(44-31)43-18-21-8-6-7-9-23(21)33/h6-15,17,27,37H,4-5,16,18H2,1-3H3/b28-26-. The third kappa shape index (κ3) is 6.41. The highest BCUT2D eigenvalue weighted by Gasteiger charge is 2.48. The fraction of sp³-hybridized carbons (Fsp3) is 0.250. The average Bonchev–Trinajstić information content (AvgIpc) is 3.62. The molecular weight excluding hydrogens is 605 g/mol. The van der Waals surface area contributed by atoms with Gasteiger partial charge in [0.15, 0.2) is 15.8 Å². The van der Waals surface area contributed by atoms with E-state index >= 15 is 0 Å². The van der Waals surface area contributed by atoms with Crippen molar-refractivity contribution in [2.75, 3.05) is 25.7 Å². The van der Waals surface area contributed by atoms with Crippen LogP contribution >= 0.6 is 23.1 Å². The number of aromatic nitrogens is 2. The van der Waals surface area contributed by atoms with Crippen LogP contribution in [0.3, 0.4) is 0 Å². The van der Waals surface area contributed by atoms with Crippen molar-refractivity contribution < 1.29 is 33.3 Å². The molecule has 3 aromatic carbocycles. The molecule has 44 heavy (non-hydrogen) atoms. The Hall–Kier alpha value is -4.42. The van der Waals surface area contributed by atoms with Gasteiger partial charge in [0.1, 0.15) is 17.3 Å². The van der Waals surface area contributed by atoms with E-state index in [9.17, 15) is 19.1 Å². The normalized spacial score (nSPS) is 15.9. The zero-order valence-electron chi connectivity index (χ0n) is 24.3. The lowest BCUT2D eigenvalue weighted by molar-refractivity contribution is -0.132. The highest BCUT2D eigenvalue weighted by Crippen LogP contribution is 2.45. The smallest absolute Gasteiger partial charge is 0.301 e. The van der Waals surface area contributed by atoms with E-state index in [2.05, 4.69) is 17.1 Å². The summed E-state index contributed by atoms with van der Waals surface area (Å²) in [7, 11) is 2.98. The molecule has 1 saturated heterocycles. The Balaban J connectivity index is 1.54. The summed E-state index contributed by atoms with van der Waals surface area (Å²) < 4.78 is 31.2. The molecule has 1 amide bonds. The largest absolute Gasteiger partial charge is 0.507 e. The number of halogens is 1. The number of thioether (sulfide) groups is 1. The van der Waals surface area contributed by atoms with Crippen molar-refractivity contribution in [2.24, 2.45) is 0 Å². The van der Waals surface area contributed by atoms with Gasteiger partial charge in [0.2, 0.25) is 5.13 Å². The number of ether oxygens (including phenoxy) is 3. The van der Waals surface area contributed by atoms with Gasteiger partial charge in [-0.25, -0.2) is 4.39 Å². The summed E-state index contributed by atoms with van der Waals surface area (Å²) in [6.07, 6.45) is 1.90. The molecule has 1 N–H and O–H groups in total. The molecule has 1 aromatic heterocycles. The number of amides is 1. The van der Waals surface area contributed by atoms with Crippen LogP contribution in [0.1, 0.15) is 42.5 Å². The summed E-state index contributed by atoms with van der Waals surface area (Å²) in [5, 5.41) is 20.0. The highest BCUT2D eigenvalue weighted by molar-refractivity contribution is 8.00. The number of methoxy groups -OCH3 is 2. The zero-order valence-corrected chi connectivity index (χ0v) is 25.9. The van der Waals surface area contributed by atoms with Crippen LogP contribution in [0.2, 0.25) is 0 Å².